The van der Waals surface area contributed by atoms with E-state index in [1.54, 1.807) is 0 Å². The molecule has 10 atom stereocenters. The fourth-order valence-corrected chi connectivity index (χ4v) is 4.74. The van der Waals surface area contributed by atoms with Crippen LogP contribution in [0.15, 0.2) is 30.3 Å². The Morgan fingerprint density at radius 2 is 1.68 bits per heavy atom. The fraction of sp³-hybridized carbons (Fsp3) is 0.793. The molecule has 4 unspecified atom stereocenters. The standard InChI is InChI=1S/C29H46O9/c1-5-7-14-31-17-23(32-15-8-6-2)29(38-24-19(3)16-33-27(30)26-25(24)37-26)36-22-18-34-28(35-20(22)4)21-12-10-9-11-13-21/h9-13,19-20,22-30H,5-8,14-18H2,1-4H3/t19-,20+,22?,23+,24?,25-,26-,27?,28?,29+/m1/s1. The van der Waals surface area contributed by atoms with Gasteiger partial charge in [-0.2, -0.15) is 0 Å². The maximum absolute atomic E-state index is 10.2. The van der Waals surface area contributed by atoms with Gasteiger partial charge in [0.05, 0.1) is 32.0 Å². The summed E-state index contributed by atoms with van der Waals surface area (Å²) in [6, 6.07) is 9.89. The average Bonchev–Trinajstić information content (AvgIpc) is 3.74. The maximum atomic E-state index is 10.2. The lowest BCUT2D eigenvalue weighted by Gasteiger charge is -2.39. The van der Waals surface area contributed by atoms with Crippen molar-refractivity contribution in [2.24, 2.45) is 5.92 Å². The largest absolute Gasteiger partial charge is 0.379 e. The Morgan fingerprint density at radius 3 is 2.42 bits per heavy atom. The molecular formula is C29H46O9. The first-order valence-electron chi connectivity index (χ1n) is 14.3. The molecule has 0 amide bonds. The molecule has 3 saturated heterocycles. The van der Waals surface area contributed by atoms with Crippen LogP contribution in [0.1, 0.15) is 65.2 Å². The van der Waals surface area contributed by atoms with Crippen LogP contribution in [0.5, 0.6) is 0 Å². The Morgan fingerprint density at radius 1 is 0.921 bits per heavy atom. The summed E-state index contributed by atoms with van der Waals surface area (Å²) in [7, 11) is 0. The molecule has 1 aromatic rings. The molecule has 1 aromatic carbocycles. The highest BCUT2D eigenvalue weighted by molar-refractivity contribution is 5.16. The number of unbranched alkanes of at least 4 members (excludes halogenated alkanes) is 2. The predicted molar refractivity (Wildman–Crippen MR) is 139 cm³/mol. The second-order valence-corrected chi connectivity index (χ2v) is 10.5. The number of aliphatic hydroxyl groups excluding tert-OH is 1. The lowest BCUT2D eigenvalue weighted by atomic mass is 10.0. The lowest BCUT2D eigenvalue weighted by Crippen LogP contribution is -2.49. The van der Waals surface area contributed by atoms with Crippen LogP contribution in [0, 0.1) is 5.92 Å². The van der Waals surface area contributed by atoms with Crippen molar-refractivity contribution < 1.29 is 43.0 Å². The van der Waals surface area contributed by atoms with E-state index in [1.165, 1.54) is 0 Å². The summed E-state index contributed by atoms with van der Waals surface area (Å²) in [5, 5.41) is 10.2. The van der Waals surface area contributed by atoms with Gasteiger partial charge in [-0.25, -0.2) is 0 Å². The summed E-state index contributed by atoms with van der Waals surface area (Å²) in [5.74, 6) is -0.00991. The predicted octanol–water partition coefficient (Wildman–Crippen LogP) is 3.97. The van der Waals surface area contributed by atoms with Crippen LogP contribution < -0.4 is 0 Å². The van der Waals surface area contributed by atoms with E-state index in [0.29, 0.717) is 33.0 Å². The number of ether oxygens (including phenoxy) is 8. The molecule has 9 heteroatoms. The second kappa shape index (κ2) is 15.0. The summed E-state index contributed by atoms with van der Waals surface area (Å²) >= 11 is 0. The van der Waals surface area contributed by atoms with Crippen molar-refractivity contribution in [3.05, 3.63) is 35.9 Å². The highest BCUT2D eigenvalue weighted by Gasteiger charge is 2.55. The third-order valence-electron chi connectivity index (χ3n) is 7.26. The molecule has 9 nitrogen and oxygen atoms in total. The van der Waals surface area contributed by atoms with Crippen molar-refractivity contribution >= 4 is 0 Å². The summed E-state index contributed by atoms with van der Waals surface area (Å²) in [6.07, 6.45) is -0.188. The van der Waals surface area contributed by atoms with Gasteiger partial charge in [0.25, 0.3) is 0 Å². The van der Waals surface area contributed by atoms with Gasteiger partial charge in [-0.15, -0.1) is 0 Å². The molecule has 3 heterocycles. The minimum absolute atomic E-state index is 0.00991. The Bertz CT molecular complexity index is 796. The van der Waals surface area contributed by atoms with Gasteiger partial charge in [-0.1, -0.05) is 63.9 Å². The zero-order valence-corrected chi connectivity index (χ0v) is 23.2. The minimum atomic E-state index is -0.945. The van der Waals surface area contributed by atoms with Crippen molar-refractivity contribution in [2.75, 3.05) is 33.0 Å². The summed E-state index contributed by atoms with van der Waals surface area (Å²) in [4.78, 5) is 0. The van der Waals surface area contributed by atoms with Crippen LogP contribution in [-0.2, 0) is 37.9 Å². The van der Waals surface area contributed by atoms with Gasteiger partial charge in [0, 0.05) is 24.7 Å². The van der Waals surface area contributed by atoms with Crippen LogP contribution in [-0.4, -0.2) is 87.3 Å². The highest BCUT2D eigenvalue weighted by Crippen LogP contribution is 2.38. The molecule has 0 bridgehead atoms. The first-order chi connectivity index (χ1) is 18.5. The minimum Gasteiger partial charge on any atom is -0.379 e. The first kappa shape index (κ1) is 29.8. The van der Waals surface area contributed by atoms with Gasteiger partial charge >= 0.3 is 0 Å². The molecule has 38 heavy (non-hydrogen) atoms. The smallest absolute Gasteiger partial charge is 0.187 e. The van der Waals surface area contributed by atoms with Crippen molar-refractivity contribution in [1.82, 2.24) is 0 Å². The summed E-state index contributed by atoms with van der Waals surface area (Å²) < 4.78 is 49.1. The SMILES string of the molecule is CCCCOC[C@H](OCCCC)[C@@H](OC1COC(c2ccccc2)O[C@H]1C)OC1[C@H](C)COC(O)[C@@H]2O[C@H]12. The molecule has 0 saturated carbocycles. The molecule has 1 N–H and O–H groups in total. The molecule has 3 fully saturated rings. The molecule has 0 aliphatic carbocycles. The zero-order valence-electron chi connectivity index (χ0n) is 23.2. The van der Waals surface area contributed by atoms with Crippen molar-refractivity contribution in [3.63, 3.8) is 0 Å². The Kier molecular flexibility index (Phi) is 11.8. The summed E-state index contributed by atoms with van der Waals surface area (Å²) in [5.41, 5.74) is 0.971. The highest BCUT2D eigenvalue weighted by atomic mass is 16.8. The second-order valence-electron chi connectivity index (χ2n) is 10.5. The van der Waals surface area contributed by atoms with Crippen LogP contribution in [0.25, 0.3) is 0 Å². The topological polar surface area (TPSA) is 97.4 Å². The number of aliphatic hydroxyl groups is 1. The third-order valence-corrected chi connectivity index (χ3v) is 7.26. The molecule has 4 rings (SSSR count). The van der Waals surface area contributed by atoms with Gasteiger partial charge in [-0.3, -0.25) is 0 Å². The van der Waals surface area contributed by atoms with Crippen LogP contribution >= 0.6 is 0 Å². The average molecular weight is 539 g/mol. The Balaban J connectivity index is 1.47. The zero-order chi connectivity index (χ0) is 26.9. The van der Waals surface area contributed by atoms with Crippen molar-refractivity contribution in [3.8, 4) is 0 Å². The van der Waals surface area contributed by atoms with Crippen molar-refractivity contribution in [2.45, 2.75) is 109 Å². The van der Waals surface area contributed by atoms with E-state index in [9.17, 15) is 5.11 Å². The van der Waals surface area contributed by atoms with E-state index < -0.39 is 31.1 Å². The number of hydrogen-bond acceptors (Lipinski definition) is 9. The third kappa shape index (κ3) is 8.19. The van der Waals surface area contributed by atoms with Gasteiger partial charge in [-0.05, 0) is 19.8 Å². The van der Waals surface area contributed by atoms with Gasteiger partial charge < -0.3 is 43.0 Å². The van der Waals surface area contributed by atoms with Crippen LogP contribution in [0.3, 0.4) is 0 Å². The Labute approximate surface area is 227 Å². The fourth-order valence-electron chi connectivity index (χ4n) is 4.74. The number of epoxide rings is 1. The van der Waals surface area contributed by atoms with Gasteiger partial charge in [0.15, 0.2) is 18.9 Å². The molecule has 3 aliphatic rings. The van der Waals surface area contributed by atoms with Crippen molar-refractivity contribution in [1.29, 1.82) is 0 Å². The number of fused-ring (bicyclic) bond motifs is 1. The van der Waals surface area contributed by atoms with E-state index >= 15 is 0 Å². The molecular weight excluding hydrogens is 492 g/mol. The molecule has 0 radical (unpaired) electrons. The maximum Gasteiger partial charge on any atom is 0.187 e. The monoisotopic (exact) mass is 538 g/mol. The normalized spacial score (nSPS) is 34.8. The number of rotatable bonds is 15. The van der Waals surface area contributed by atoms with Crippen LogP contribution in [0.2, 0.25) is 0 Å². The molecule has 0 aromatic heterocycles. The molecule has 3 aliphatic heterocycles. The van der Waals surface area contributed by atoms with E-state index in [2.05, 4.69) is 13.8 Å². The number of hydrogen-bond donors (Lipinski definition) is 1. The van der Waals surface area contributed by atoms with Gasteiger partial charge in [0.2, 0.25) is 0 Å². The quantitative estimate of drug-likeness (QED) is 0.202. The Hall–Kier alpha value is -1.14. The number of benzene rings is 1. The van der Waals surface area contributed by atoms with Crippen LogP contribution in [0.4, 0.5) is 0 Å². The van der Waals surface area contributed by atoms with E-state index in [-0.39, 0.29) is 30.3 Å². The van der Waals surface area contributed by atoms with E-state index in [1.807, 2.05) is 44.2 Å². The molecule has 216 valence electrons. The van der Waals surface area contributed by atoms with Gasteiger partial charge in [0.1, 0.15) is 24.4 Å². The lowest BCUT2D eigenvalue weighted by molar-refractivity contribution is -0.318. The summed E-state index contributed by atoms with van der Waals surface area (Å²) in [6.45, 7) is 10.6. The van der Waals surface area contributed by atoms with E-state index in [4.69, 9.17) is 37.9 Å². The first-order valence-corrected chi connectivity index (χ1v) is 14.3. The molecule has 0 spiro atoms. The van der Waals surface area contributed by atoms with E-state index in [0.717, 1.165) is 31.2 Å².